The topological polar surface area (TPSA) is 81.9 Å². The fraction of sp³-hybridized carbons (Fsp3) is 0.261. The summed E-state index contributed by atoms with van der Waals surface area (Å²) in [4.78, 5) is 26.8. The zero-order chi connectivity index (χ0) is 21.7. The van der Waals surface area contributed by atoms with Crippen molar-refractivity contribution in [3.63, 3.8) is 0 Å². The highest BCUT2D eigenvalue weighted by Gasteiger charge is 2.27. The summed E-state index contributed by atoms with van der Waals surface area (Å²) < 4.78 is 16.5. The zero-order valence-corrected chi connectivity index (χ0v) is 17.4. The predicted molar refractivity (Wildman–Crippen MR) is 110 cm³/mol. The number of rotatable bonds is 7. The number of esters is 1. The molecule has 0 radical (unpaired) electrons. The normalized spacial score (nSPS) is 11.6. The maximum Gasteiger partial charge on any atom is 0.339 e. The van der Waals surface area contributed by atoms with Gasteiger partial charge < -0.3 is 18.9 Å². The van der Waals surface area contributed by atoms with E-state index >= 15 is 0 Å². The van der Waals surface area contributed by atoms with E-state index in [1.165, 1.54) is 4.90 Å². The van der Waals surface area contributed by atoms with Crippen molar-refractivity contribution in [3.8, 4) is 5.75 Å². The molecule has 0 unspecified atom stereocenters. The van der Waals surface area contributed by atoms with Crippen molar-refractivity contribution in [2.75, 3.05) is 14.1 Å². The molecule has 1 heterocycles. The van der Waals surface area contributed by atoms with Gasteiger partial charge in [-0.1, -0.05) is 41.6 Å². The monoisotopic (exact) mass is 408 g/mol. The van der Waals surface area contributed by atoms with E-state index in [4.69, 9.17) is 14.0 Å². The van der Waals surface area contributed by atoms with Crippen LogP contribution < -0.4 is 4.74 Å². The molecule has 3 rings (SSSR count). The molecule has 0 N–H and O–H groups in total. The molecule has 2 aromatic carbocycles. The number of carbonyl (C=O) groups is 2. The Labute approximate surface area is 175 Å². The van der Waals surface area contributed by atoms with E-state index in [0.29, 0.717) is 22.6 Å². The van der Waals surface area contributed by atoms with Crippen LogP contribution in [-0.2, 0) is 16.1 Å². The van der Waals surface area contributed by atoms with Crippen LogP contribution in [0.4, 0.5) is 0 Å². The van der Waals surface area contributed by atoms with Crippen LogP contribution in [0.25, 0.3) is 0 Å². The second-order valence-electron chi connectivity index (χ2n) is 7.05. The Morgan fingerprint density at radius 2 is 1.80 bits per heavy atom. The van der Waals surface area contributed by atoms with Gasteiger partial charge in [0.1, 0.15) is 18.1 Å². The molecular formula is C23H24N2O5. The lowest BCUT2D eigenvalue weighted by atomic mass is 10.1. The van der Waals surface area contributed by atoms with Crippen LogP contribution in [0, 0.1) is 13.8 Å². The molecule has 0 spiro atoms. The van der Waals surface area contributed by atoms with Crippen molar-refractivity contribution in [1.29, 1.82) is 0 Å². The lowest BCUT2D eigenvalue weighted by molar-refractivity contribution is -0.138. The van der Waals surface area contributed by atoms with E-state index in [2.05, 4.69) is 5.16 Å². The highest BCUT2D eigenvalue weighted by Crippen LogP contribution is 2.23. The Morgan fingerprint density at radius 3 is 2.43 bits per heavy atom. The number of amides is 1. The van der Waals surface area contributed by atoms with Gasteiger partial charge >= 0.3 is 5.97 Å². The van der Waals surface area contributed by atoms with E-state index in [0.717, 1.165) is 11.3 Å². The van der Waals surface area contributed by atoms with Crippen molar-refractivity contribution >= 4 is 11.9 Å². The maximum atomic E-state index is 12.8. The van der Waals surface area contributed by atoms with Gasteiger partial charge in [0.05, 0.1) is 16.8 Å². The minimum atomic E-state index is -1.03. The Kier molecular flexibility index (Phi) is 6.51. The molecule has 7 nitrogen and oxygen atoms in total. The predicted octanol–water partition coefficient (Wildman–Crippen LogP) is 3.86. The van der Waals surface area contributed by atoms with Gasteiger partial charge in [0.15, 0.2) is 0 Å². The number of aromatic nitrogens is 1. The number of ether oxygens (including phenoxy) is 2. The average molecular weight is 408 g/mol. The largest absolute Gasteiger partial charge is 0.489 e. The SMILES string of the molecule is Cc1noc(C)c1COc1cccc(C(=O)O[C@H](C(=O)N(C)C)c2ccccc2)c1. The lowest BCUT2D eigenvalue weighted by Gasteiger charge is -2.21. The van der Waals surface area contributed by atoms with Gasteiger partial charge in [0.25, 0.3) is 5.91 Å². The fourth-order valence-corrected chi connectivity index (χ4v) is 2.87. The van der Waals surface area contributed by atoms with Crippen LogP contribution in [0.3, 0.4) is 0 Å². The number of hydrogen-bond donors (Lipinski definition) is 0. The van der Waals surface area contributed by atoms with Crippen molar-refractivity contribution in [2.24, 2.45) is 0 Å². The molecule has 1 aromatic heterocycles. The third-order valence-corrected chi connectivity index (χ3v) is 4.63. The van der Waals surface area contributed by atoms with Crippen LogP contribution in [0.2, 0.25) is 0 Å². The fourth-order valence-electron chi connectivity index (χ4n) is 2.87. The molecule has 0 aliphatic heterocycles. The van der Waals surface area contributed by atoms with Gasteiger partial charge in [-0.3, -0.25) is 4.79 Å². The van der Waals surface area contributed by atoms with E-state index in [9.17, 15) is 9.59 Å². The van der Waals surface area contributed by atoms with Gasteiger partial charge in [0, 0.05) is 19.7 Å². The Morgan fingerprint density at radius 1 is 1.07 bits per heavy atom. The summed E-state index contributed by atoms with van der Waals surface area (Å²) in [5, 5.41) is 3.90. The first kappa shape index (κ1) is 21.1. The Bertz CT molecular complexity index is 1010. The van der Waals surface area contributed by atoms with Gasteiger partial charge in [-0.05, 0) is 32.0 Å². The maximum absolute atomic E-state index is 12.8. The molecule has 1 atom stereocenters. The standard InChI is InChI=1S/C23H24N2O5/c1-15-20(16(2)30-24-15)14-28-19-12-8-11-18(13-19)23(27)29-21(22(26)25(3)4)17-9-6-5-7-10-17/h5-13,21H,14H2,1-4H3/t21-/m0/s1. The quantitative estimate of drug-likeness (QED) is 0.552. The van der Waals surface area contributed by atoms with Gasteiger partial charge in [-0.2, -0.15) is 0 Å². The highest BCUT2D eigenvalue weighted by atomic mass is 16.5. The van der Waals surface area contributed by atoms with Crippen LogP contribution >= 0.6 is 0 Å². The smallest absolute Gasteiger partial charge is 0.339 e. The summed E-state index contributed by atoms with van der Waals surface area (Å²) in [6, 6.07) is 15.6. The third-order valence-electron chi connectivity index (χ3n) is 4.63. The molecule has 0 aliphatic carbocycles. The van der Waals surface area contributed by atoms with E-state index in [-0.39, 0.29) is 12.5 Å². The van der Waals surface area contributed by atoms with Gasteiger partial charge in [-0.15, -0.1) is 0 Å². The summed E-state index contributed by atoms with van der Waals surface area (Å²) >= 11 is 0. The minimum absolute atomic E-state index is 0.269. The molecule has 30 heavy (non-hydrogen) atoms. The van der Waals surface area contributed by atoms with Crippen molar-refractivity contribution < 1.29 is 23.6 Å². The number of likely N-dealkylation sites (N-methyl/N-ethyl adjacent to an activating group) is 1. The zero-order valence-electron chi connectivity index (χ0n) is 17.4. The van der Waals surface area contributed by atoms with Crippen LogP contribution in [0.1, 0.15) is 39.0 Å². The molecule has 0 fully saturated rings. The molecule has 3 aromatic rings. The van der Waals surface area contributed by atoms with Crippen molar-refractivity contribution in [1.82, 2.24) is 10.1 Å². The number of nitrogens with zero attached hydrogens (tertiary/aromatic N) is 2. The minimum Gasteiger partial charge on any atom is -0.489 e. The molecule has 0 saturated heterocycles. The average Bonchev–Trinajstić information content (AvgIpc) is 3.08. The van der Waals surface area contributed by atoms with Crippen molar-refractivity contribution in [2.45, 2.75) is 26.6 Å². The van der Waals surface area contributed by atoms with E-state index in [1.807, 2.05) is 19.9 Å². The first-order chi connectivity index (χ1) is 14.4. The van der Waals surface area contributed by atoms with Crippen LogP contribution in [0.5, 0.6) is 5.75 Å². The Hall–Kier alpha value is -3.61. The molecule has 156 valence electrons. The first-order valence-corrected chi connectivity index (χ1v) is 9.48. The second kappa shape index (κ2) is 9.26. The summed E-state index contributed by atoms with van der Waals surface area (Å²) in [6.45, 7) is 3.93. The first-order valence-electron chi connectivity index (χ1n) is 9.48. The summed E-state index contributed by atoms with van der Waals surface area (Å²) in [5.41, 5.74) is 2.52. The number of benzene rings is 2. The Balaban J connectivity index is 1.75. The number of aryl methyl sites for hydroxylation is 2. The van der Waals surface area contributed by atoms with Crippen molar-refractivity contribution in [3.05, 3.63) is 82.7 Å². The molecule has 7 heteroatoms. The summed E-state index contributed by atoms with van der Waals surface area (Å²) in [6.07, 6.45) is -1.03. The number of hydrogen-bond acceptors (Lipinski definition) is 6. The molecule has 0 bridgehead atoms. The molecule has 1 amide bonds. The van der Waals surface area contributed by atoms with E-state index < -0.39 is 12.1 Å². The van der Waals surface area contributed by atoms with Gasteiger partial charge in [-0.25, -0.2) is 4.79 Å². The summed E-state index contributed by atoms with van der Waals surface area (Å²) in [5.74, 6) is 0.262. The van der Waals surface area contributed by atoms with Gasteiger partial charge in [0.2, 0.25) is 6.10 Å². The van der Waals surface area contributed by atoms with E-state index in [1.54, 1.807) is 62.6 Å². The molecule has 0 saturated carbocycles. The second-order valence-corrected chi connectivity index (χ2v) is 7.05. The third kappa shape index (κ3) is 4.86. The number of carbonyl (C=O) groups excluding carboxylic acids is 2. The highest BCUT2D eigenvalue weighted by molar-refractivity contribution is 5.93. The van der Waals surface area contributed by atoms with Crippen LogP contribution in [-0.4, -0.2) is 36.0 Å². The molecular weight excluding hydrogens is 384 g/mol. The lowest BCUT2D eigenvalue weighted by Crippen LogP contribution is -2.31. The van der Waals surface area contributed by atoms with Crippen LogP contribution in [0.15, 0.2) is 59.1 Å². The summed E-state index contributed by atoms with van der Waals surface area (Å²) in [7, 11) is 3.24. The molecule has 0 aliphatic rings.